The molecule has 3 N–H and O–H groups in total. The maximum Gasteiger partial charge on any atom is 0.408 e. The minimum absolute atomic E-state index is 0.0406. The molecule has 4 aliphatic rings. The van der Waals surface area contributed by atoms with Crippen LogP contribution in [0, 0.1) is 17.8 Å². The van der Waals surface area contributed by atoms with Gasteiger partial charge in [0.25, 0.3) is 17.4 Å². The number of sulfonamides is 1. The number of rotatable bonds is 11. The van der Waals surface area contributed by atoms with Gasteiger partial charge in [-0.3, -0.25) is 33.7 Å². The van der Waals surface area contributed by atoms with E-state index >= 15 is 13.6 Å². The highest BCUT2D eigenvalue weighted by molar-refractivity contribution is 7.91. The fraction of sp³-hybridized carbons (Fsp3) is 0.650. The van der Waals surface area contributed by atoms with Crippen molar-refractivity contribution in [2.75, 3.05) is 13.7 Å². The Bertz CT molecular complexity index is 2180. The average Bonchev–Trinajstić information content (AvgIpc) is 4.11. The SMILES string of the molecule is CCC(C)N(C(=O)O)[C@@H]1C(=O)N2[C@@H](C[C@@](C)(Oc3nn(CCOC)c(=O)c4ccccc34)C2(F)F)C(=O)N[C@]2(C(=O)NS(=O)(=O)C3CC3)C[C@H]2/C=C\CC[C@@H](C)C[C@H]1C. The molecule has 1 aromatic carbocycles. The maximum absolute atomic E-state index is 17.7. The number of ether oxygens (including phenoxy) is 2. The molecular weight excluding hydrogens is 795 g/mol. The van der Waals surface area contributed by atoms with E-state index in [0.717, 1.165) is 16.5 Å². The number of nitrogens with zero attached hydrogens (tertiary/aromatic N) is 4. The number of hydrogen-bond donors (Lipinski definition) is 3. The summed E-state index contributed by atoms with van der Waals surface area (Å²) in [7, 11) is -2.68. The van der Waals surface area contributed by atoms with Gasteiger partial charge in [0, 0.05) is 25.5 Å². The van der Waals surface area contributed by atoms with Crippen LogP contribution in [-0.4, -0.2) is 111 Å². The number of hydrogen-bond acceptors (Lipinski definition) is 10. The van der Waals surface area contributed by atoms with E-state index in [9.17, 15) is 32.7 Å². The number of amides is 4. The molecule has 16 nitrogen and oxygen atoms in total. The first-order valence-corrected chi connectivity index (χ1v) is 21.7. The zero-order valence-corrected chi connectivity index (χ0v) is 35.0. The Morgan fingerprint density at radius 1 is 1.12 bits per heavy atom. The molecule has 3 fully saturated rings. The van der Waals surface area contributed by atoms with Crippen molar-refractivity contribution in [2.24, 2.45) is 17.8 Å². The minimum atomic E-state index is -4.35. The Balaban J connectivity index is 1.50. The van der Waals surface area contributed by atoms with E-state index in [4.69, 9.17) is 9.47 Å². The normalized spacial score (nSPS) is 30.8. The van der Waals surface area contributed by atoms with Crippen molar-refractivity contribution in [3.63, 3.8) is 0 Å². The predicted octanol–water partition coefficient (Wildman–Crippen LogP) is 4.02. The third-order valence-electron chi connectivity index (χ3n) is 12.3. The van der Waals surface area contributed by atoms with Gasteiger partial charge in [-0.2, -0.15) is 8.78 Å². The molecule has 0 spiro atoms. The number of aromatic nitrogens is 2. The van der Waals surface area contributed by atoms with Crippen molar-refractivity contribution >= 4 is 44.6 Å². The molecule has 1 unspecified atom stereocenters. The van der Waals surface area contributed by atoms with Crippen LogP contribution in [0.5, 0.6) is 5.88 Å². The lowest BCUT2D eigenvalue weighted by molar-refractivity contribution is -0.219. The molecule has 3 heterocycles. The summed E-state index contributed by atoms with van der Waals surface area (Å²) in [6, 6.07) is -2.83. The summed E-state index contributed by atoms with van der Waals surface area (Å²) < 4.78 is 75.6. The van der Waals surface area contributed by atoms with Gasteiger partial charge in [-0.25, -0.2) is 17.9 Å². The van der Waals surface area contributed by atoms with E-state index < -0.39 is 104 Å². The highest BCUT2D eigenvalue weighted by atomic mass is 32.2. The Hall–Kier alpha value is -4.65. The fourth-order valence-corrected chi connectivity index (χ4v) is 9.87. The van der Waals surface area contributed by atoms with Gasteiger partial charge in [0.15, 0.2) is 5.60 Å². The highest BCUT2D eigenvalue weighted by Gasteiger charge is 2.71. The largest absolute Gasteiger partial charge is 0.465 e. The summed E-state index contributed by atoms with van der Waals surface area (Å²) in [5.74, 6) is -5.58. The monoisotopic (exact) mass is 848 g/mol. The lowest BCUT2D eigenvalue weighted by Crippen LogP contribution is -2.64. The van der Waals surface area contributed by atoms with Gasteiger partial charge in [0.1, 0.15) is 17.6 Å². The van der Waals surface area contributed by atoms with Gasteiger partial charge in [0.05, 0.1) is 29.2 Å². The molecular formula is C40H54F2N6O10S. The summed E-state index contributed by atoms with van der Waals surface area (Å²) in [5, 5.41) is 16.8. The van der Waals surface area contributed by atoms with Crippen molar-refractivity contribution in [1.82, 2.24) is 29.6 Å². The van der Waals surface area contributed by atoms with Gasteiger partial charge in [-0.15, -0.1) is 5.10 Å². The summed E-state index contributed by atoms with van der Waals surface area (Å²) >= 11 is 0. The number of halogens is 2. The lowest BCUT2D eigenvalue weighted by atomic mass is 9.86. The first kappa shape index (κ1) is 43.9. The molecule has 6 rings (SSSR count). The Morgan fingerprint density at radius 2 is 1.80 bits per heavy atom. The van der Waals surface area contributed by atoms with Crippen LogP contribution in [0.3, 0.4) is 0 Å². The molecule has 2 saturated carbocycles. The number of allylic oxidation sites excluding steroid dienone is 1. The van der Waals surface area contributed by atoms with Crippen molar-refractivity contribution in [1.29, 1.82) is 0 Å². The second-order valence-electron chi connectivity index (χ2n) is 16.8. The van der Waals surface area contributed by atoms with E-state index in [-0.39, 0.29) is 54.0 Å². The lowest BCUT2D eigenvalue weighted by Gasteiger charge is -2.42. The number of carbonyl (C=O) groups excluding carboxylic acids is 3. The van der Waals surface area contributed by atoms with Crippen LogP contribution in [0.25, 0.3) is 10.8 Å². The van der Waals surface area contributed by atoms with Gasteiger partial charge in [0.2, 0.25) is 21.8 Å². The smallest absolute Gasteiger partial charge is 0.408 e. The van der Waals surface area contributed by atoms with Gasteiger partial charge in [-0.05, 0) is 82.8 Å². The first-order valence-electron chi connectivity index (χ1n) is 20.2. The van der Waals surface area contributed by atoms with Crippen LogP contribution < -0.4 is 20.3 Å². The van der Waals surface area contributed by atoms with Crippen molar-refractivity contribution in [3.8, 4) is 5.88 Å². The number of fused-ring (bicyclic) bond motifs is 3. The van der Waals surface area contributed by atoms with E-state index in [1.54, 1.807) is 39.0 Å². The molecule has 4 amide bonds. The molecule has 2 aliphatic heterocycles. The second kappa shape index (κ2) is 16.4. The molecule has 8 atom stereocenters. The Morgan fingerprint density at radius 3 is 2.42 bits per heavy atom. The van der Waals surface area contributed by atoms with Gasteiger partial charge < -0.3 is 19.9 Å². The zero-order valence-electron chi connectivity index (χ0n) is 34.2. The van der Waals surface area contributed by atoms with Crippen LogP contribution in [0.2, 0.25) is 0 Å². The molecule has 59 heavy (non-hydrogen) atoms. The molecule has 2 aliphatic carbocycles. The van der Waals surface area contributed by atoms with E-state index in [1.807, 2.05) is 13.0 Å². The number of benzene rings is 1. The quantitative estimate of drug-likeness (QED) is 0.218. The summed E-state index contributed by atoms with van der Waals surface area (Å²) in [5.41, 5.74) is -5.13. The summed E-state index contributed by atoms with van der Waals surface area (Å²) in [6.07, 6.45) is 3.38. The number of alkyl halides is 2. The van der Waals surface area contributed by atoms with Crippen LogP contribution >= 0.6 is 0 Å². The second-order valence-corrected chi connectivity index (χ2v) is 18.8. The topological polar surface area (TPSA) is 207 Å². The summed E-state index contributed by atoms with van der Waals surface area (Å²) in [6.45, 7) is 7.78. The van der Waals surface area contributed by atoms with E-state index in [0.29, 0.717) is 25.7 Å². The highest BCUT2D eigenvalue weighted by Crippen LogP contribution is 2.51. The molecule has 19 heteroatoms. The first-order chi connectivity index (χ1) is 27.7. The number of methoxy groups -OCH3 is 1. The molecule has 324 valence electrons. The molecule has 2 aromatic rings. The van der Waals surface area contributed by atoms with Gasteiger partial charge >= 0.3 is 12.1 Å². The fourth-order valence-electron chi connectivity index (χ4n) is 8.51. The van der Waals surface area contributed by atoms with Crippen LogP contribution in [-0.2, 0) is 35.7 Å². The predicted molar refractivity (Wildman–Crippen MR) is 211 cm³/mol. The number of carbonyl (C=O) groups is 4. The van der Waals surface area contributed by atoms with Crippen molar-refractivity contribution in [3.05, 3.63) is 46.8 Å². The van der Waals surface area contributed by atoms with E-state index in [2.05, 4.69) is 15.1 Å². The molecule has 1 saturated heterocycles. The van der Waals surface area contributed by atoms with E-state index in [1.165, 1.54) is 19.2 Å². The Labute approximate surface area is 341 Å². The third-order valence-corrected chi connectivity index (χ3v) is 14.2. The molecule has 0 radical (unpaired) electrons. The van der Waals surface area contributed by atoms with Crippen LogP contribution in [0.4, 0.5) is 13.6 Å². The minimum Gasteiger partial charge on any atom is -0.465 e. The van der Waals surface area contributed by atoms with Crippen molar-refractivity contribution in [2.45, 2.75) is 133 Å². The third kappa shape index (κ3) is 8.28. The molecule has 1 aromatic heterocycles. The molecule has 0 bridgehead atoms. The van der Waals surface area contributed by atoms with Crippen LogP contribution in [0.1, 0.15) is 86.0 Å². The van der Waals surface area contributed by atoms with Crippen LogP contribution in [0.15, 0.2) is 41.2 Å². The number of carboxylic acid groups (broad SMARTS) is 1. The number of nitrogens with one attached hydrogen (secondary N) is 2. The Kier molecular flexibility index (Phi) is 12.2. The summed E-state index contributed by atoms with van der Waals surface area (Å²) in [4.78, 5) is 70.9. The average molecular weight is 849 g/mol. The van der Waals surface area contributed by atoms with Crippen molar-refractivity contribution < 1.29 is 51.0 Å². The standard InChI is InChI=1S/C40H54F2N6O10S/c1-7-25(4)47(37(53)54)31-24(3)20-23(2)12-8-9-13-26-21-39(26,36(52)45-59(55,56)27-16-17-27)43-32(49)30-22-38(5,40(41,42)48(30)35(31)51)58-33-28-14-10-11-15-29(28)34(50)46(44-33)18-19-57-6/h9-11,13-15,23-27,30-31H,7-8,12,16-22H2,1-6H3,(H,43,49)(H,45,52)(H,53,54)/b13-9-/t23-,24-,25?,26-,30+,31+,38-,39-/m1/s1. The maximum atomic E-state index is 17.7. The zero-order chi connectivity index (χ0) is 43.2. The van der Waals surface area contributed by atoms with Gasteiger partial charge in [-0.1, -0.05) is 45.1 Å².